The van der Waals surface area contributed by atoms with Crippen molar-refractivity contribution in [2.45, 2.75) is 31.8 Å². The highest BCUT2D eigenvalue weighted by atomic mass is 16.5. The van der Waals surface area contributed by atoms with Crippen LogP contribution in [0, 0.1) is 0 Å². The average Bonchev–Trinajstić information content (AvgIpc) is 2.86. The average molecular weight is 228 g/mol. The maximum atomic E-state index is 6.03. The summed E-state index contributed by atoms with van der Waals surface area (Å²) in [4.78, 5) is 4.38. The monoisotopic (exact) mass is 228 g/mol. The number of nitrogens with two attached hydrogens (primary N) is 1. The van der Waals surface area contributed by atoms with Gasteiger partial charge in [-0.25, -0.2) is 0 Å². The summed E-state index contributed by atoms with van der Waals surface area (Å²) >= 11 is 0. The number of fused-ring (bicyclic) bond motifs is 1. The fourth-order valence-corrected chi connectivity index (χ4v) is 2.45. The summed E-state index contributed by atoms with van der Waals surface area (Å²) in [5.41, 5.74) is 7.57. The minimum atomic E-state index is 0.351. The third-order valence-electron chi connectivity index (χ3n) is 3.36. The lowest BCUT2D eigenvalue weighted by Crippen LogP contribution is -2.11. The second-order valence-corrected chi connectivity index (χ2v) is 4.58. The molecule has 1 aromatic carbocycles. The van der Waals surface area contributed by atoms with Crippen LogP contribution in [-0.4, -0.2) is 11.1 Å². The molecule has 3 heteroatoms. The summed E-state index contributed by atoms with van der Waals surface area (Å²) in [5, 5.41) is 0.975. The first-order valence-electron chi connectivity index (χ1n) is 6.14. The Morgan fingerprint density at radius 2 is 2.00 bits per heavy atom. The van der Waals surface area contributed by atoms with E-state index < -0.39 is 0 Å². The number of rotatable bonds is 2. The molecule has 1 aliphatic rings. The molecular formula is C14H16N2O. The molecule has 1 saturated carbocycles. The van der Waals surface area contributed by atoms with Gasteiger partial charge in [-0.05, 0) is 49.9 Å². The summed E-state index contributed by atoms with van der Waals surface area (Å²) in [6.45, 7) is 0. The van der Waals surface area contributed by atoms with Crippen LogP contribution in [0.4, 0.5) is 5.69 Å². The summed E-state index contributed by atoms with van der Waals surface area (Å²) in [7, 11) is 0. The van der Waals surface area contributed by atoms with E-state index in [2.05, 4.69) is 4.98 Å². The largest absolute Gasteiger partial charge is 0.488 e. The van der Waals surface area contributed by atoms with E-state index in [1.165, 1.54) is 12.8 Å². The van der Waals surface area contributed by atoms with Gasteiger partial charge in [0, 0.05) is 17.3 Å². The van der Waals surface area contributed by atoms with Crippen LogP contribution < -0.4 is 10.5 Å². The Bertz CT molecular complexity index is 533. The van der Waals surface area contributed by atoms with Crippen LogP contribution in [-0.2, 0) is 0 Å². The van der Waals surface area contributed by atoms with E-state index in [9.17, 15) is 0 Å². The fraction of sp³-hybridized carbons (Fsp3) is 0.357. The van der Waals surface area contributed by atoms with Gasteiger partial charge in [0.05, 0.1) is 6.10 Å². The zero-order chi connectivity index (χ0) is 11.7. The van der Waals surface area contributed by atoms with Crippen LogP contribution >= 0.6 is 0 Å². The maximum Gasteiger partial charge on any atom is 0.146 e. The van der Waals surface area contributed by atoms with Crippen molar-refractivity contribution in [3.63, 3.8) is 0 Å². The summed E-state index contributed by atoms with van der Waals surface area (Å²) < 4.78 is 6.03. The van der Waals surface area contributed by atoms with Crippen molar-refractivity contribution in [2.75, 3.05) is 5.73 Å². The minimum Gasteiger partial charge on any atom is -0.488 e. The molecule has 1 aliphatic carbocycles. The van der Waals surface area contributed by atoms with Gasteiger partial charge >= 0.3 is 0 Å². The molecule has 0 spiro atoms. The molecule has 1 fully saturated rings. The molecule has 17 heavy (non-hydrogen) atoms. The van der Waals surface area contributed by atoms with Crippen LogP contribution in [0.2, 0.25) is 0 Å². The van der Waals surface area contributed by atoms with Crippen molar-refractivity contribution in [2.24, 2.45) is 0 Å². The van der Waals surface area contributed by atoms with E-state index in [0.29, 0.717) is 6.10 Å². The minimum absolute atomic E-state index is 0.351. The fourth-order valence-electron chi connectivity index (χ4n) is 2.45. The van der Waals surface area contributed by atoms with E-state index in [0.717, 1.165) is 35.2 Å². The number of pyridine rings is 1. The van der Waals surface area contributed by atoms with Crippen molar-refractivity contribution >= 4 is 16.6 Å². The molecule has 2 N–H and O–H groups in total. The summed E-state index contributed by atoms with van der Waals surface area (Å²) in [6.07, 6.45) is 6.97. The highest BCUT2D eigenvalue weighted by molar-refractivity contribution is 5.94. The Kier molecular flexibility index (Phi) is 2.59. The van der Waals surface area contributed by atoms with Gasteiger partial charge in [0.2, 0.25) is 0 Å². The topological polar surface area (TPSA) is 48.1 Å². The number of anilines is 1. The van der Waals surface area contributed by atoms with Crippen molar-refractivity contribution in [3.8, 4) is 5.75 Å². The third-order valence-corrected chi connectivity index (χ3v) is 3.36. The van der Waals surface area contributed by atoms with Gasteiger partial charge in [-0.15, -0.1) is 0 Å². The van der Waals surface area contributed by atoms with Crippen LogP contribution in [0.5, 0.6) is 5.75 Å². The number of hydrogen-bond acceptors (Lipinski definition) is 3. The summed E-state index contributed by atoms with van der Waals surface area (Å²) in [6, 6.07) is 7.72. The van der Waals surface area contributed by atoms with Crippen LogP contribution in [0.25, 0.3) is 10.9 Å². The second kappa shape index (κ2) is 4.24. The molecular weight excluding hydrogens is 212 g/mol. The van der Waals surface area contributed by atoms with Gasteiger partial charge in [0.25, 0.3) is 0 Å². The molecule has 1 heterocycles. The van der Waals surface area contributed by atoms with Gasteiger partial charge < -0.3 is 10.5 Å². The van der Waals surface area contributed by atoms with Gasteiger partial charge in [0.1, 0.15) is 11.3 Å². The molecule has 1 aromatic heterocycles. The van der Waals surface area contributed by atoms with Crippen molar-refractivity contribution in [1.29, 1.82) is 0 Å². The Labute approximate surface area is 101 Å². The standard InChI is InChI=1S/C14H16N2O/c15-12-7-8-13(17-10-4-1-2-5-10)14-11(12)6-3-9-16-14/h3,6-10H,1-2,4-5,15H2. The van der Waals surface area contributed by atoms with Crippen molar-refractivity contribution in [1.82, 2.24) is 4.98 Å². The quantitative estimate of drug-likeness (QED) is 0.803. The van der Waals surface area contributed by atoms with Crippen molar-refractivity contribution in [3.05, 3.63) is 30.5 Å². The van der Waals surface area contributed by atoms with Crippen LogP contribution in [0.1, 0.15) is 25.7 Å². The van der Waals surface area contributed by atoms with Gasteiger partial charge in [-0.1, -0.05) is 0 Å². The SMILES string of the molecule is Nc1ccc(OC2CCCC2)c2ncccc12. The van der Waals surface area contributed by atoms with E-state index in [-0.39, 0.29) is 0 Å². The molecule has 2 aromatic rings. The molecule has 3 nitrogen and oxygen atoms in total. The predicted octanol–water partition coefficient (Wildman–Crippen LogP) is 3.14. The summed E-state index contributed by atoms with van der Waals surface area (Å²) in [5.74, 6) is 0.863. The maximum absolute atomic E-state index is 6.03. The first kappa shape index (κ1) is 10.4. The molecule has 0 saturated heterocycles. The number of hydrogen-bond donors (Lipinski definition) is 1. The Balaban J connectivity index is 2.01. The van der Waals surface area contributed by atoms with E-state index >= 15 is 0 Å². The van der Waals surface area contributed by atoms with Gasteiger partial charge in [-0.3, -0.25) is 4.98 Å². The number of nitrogens with zero attached hydrogens (tertiary/aromatic N) is 1. The molecule has 88 valence electrons. The first-order valence-corrected chi connectivity index (χ1v) is 6.14. The Morgan fingerprint density at radius 1 is 1.18 bits per heavy atom. The zero-order valence-corrected chi connectivity index (χ0v) is 9.73. The highest BCUT2D eigenvalue weighted by Gasteiger charge is 2.18. The number of nitrogen functional groups attached to an aromatic ring is 1. The molecule has 3 rings (SSSR count). The second-order valence-electron chi connectivity index (χ2n) is 4.58. The van der Waals surface area contributed by atoms with E-state index in [1.54, 1.807) is 6.20 Å². The third kappa shape index (κ3) is 1.93. The molecule has 0 unspecified atom stereocenters. The number of ether oxygens (including phenoxy) is 1. The first-order chi connectivity index (χ1) is 8.34. The highest BCUT2D eigenvalue weighted by Crippen LogP contribution is 2.31. The lowest BCUT2D eigenvalue weighted by molar-refractivity contribution is 0.212. The smallest absolute Gasteiger partial charge is 0.146 e. The Hall–Kier alpha value is -1.77. The van der Waals surface area contributed by atoms with E-state index in [4.69, 9.17) is 10.5 Å². The molecule has 0 amide bonds. The van der Waals surface area contributed by atoms with Gasteiger partial charge in [0.15, 0.2) is 0 Å². The van der Waals surface area contributed by atoms with Crippen LogP contribution in [0.3, 0.4) is 0 Å². The predicted molar refractivity (Wildman–Crippen MR) is 69.0 cm³/mol. The normalized spacial score (nSPS) is 16.5. The molecule has 0 radical (unpaired) electrons. The van der Waals surface area contributed by atoms with E-state index in [1.807, 2.05) is 24.3 Å². The number of aromatic nitrogens is 1. The van der Waals surface area contributed by atoms with Gasteiger partial charge in [-0.2, -0.15) is 0 Å². The lowest BCUT2D eigenvalue weighted by Gasteiger charge is -2.15. The molecule has 0 bridgehead atoms. The van der Waals surface area contributed by atoms with Crippen LogP contribution in [0.15, 0.2) is 30.5 Å². The lowest BCUT2D eigenvalue weighted by atomic mass is 10.1. The van der Waals surface area contributed by atoms with Crippen molar-refractivity contribution < 1.29 is 4.74 Å². The molecule has 0 aliphatic heterocycles. The number of benzene rings is 1. The molecule has 0 atom stereocenters. The zero-order valence-electron chi connectivity index (χ0n) is 9.73. The Morgan fingerprint density at radius 3 is 2.82 bits per heavy atom.